The molecule has 0 radical (unpaired) electrons. The number of amides is 1. The van der Waals surface area contributed by atoms with E-state index in [2.05, 4.69) is 26.5 Å². The number of aromatic nitrogens is 5. The van der Waals surface area contributed by atoms with Crippen LogP contribution in [0.25, 0.3) is 22.4 Å². The highest BCUT2D eigenvalue weighted by Crippen LogP contribution is 2.21. The highest BCUT2D eigenvalue weighted by atomic mass is 16.1. The molecular weight excluding hydrogens is 414 g/mol. The molecule has 0 atom stereocenters. The minimum absolute atomic E-state index is 0.0760. The number of rotatable bonds is 5. The lowest BCUT2D eigenvalue weighted by Gasteiger charge is -2.12. The maximum atomic E-state index is 12.6. The summed E-state index contributed by atoms with van der Waals surface area (Å²) in [5.74, 6) is -0.0760. The van der Waals surface area contributed by atoms with Gasteiger partial charge in [-0.3, -0.25) is 9.36 Å². The van der Waals surface area contributed by atoms with Gasteiger partial charge >= 0.3 is 0 Å². The summed E-state index contributed by atoms with van der Waals surface area (Å²) >= 11 is 0. The van der Waals surface area contributed by atoms with E-state index in [0.717, 1.165) is 39.4 Å². The topological polar surface area (TPSA) is 101 Å². The van der Waals surface area contributed by atoms with Crippen LogP contribution in [0.5, 0.6) is 0 Å². The van der Waals surface area contributed by atoms with Gasteiger partial charge in [-0.25, -0.2) is 14.5 Å². The first-order valence-electron chi connectivity index (χ1n) is 10.6. The fraction of sp³-hybridized carbons (Fsp3) is 0.160. The molecule has 3 aromatic heterocycles. The van der Waals surface area contributed by atoms with Gasteiger partial charge in [0.2, 0.25) is 5.91 Å². The van der Waals surface area contributed by atoms with Gasteiger partial charge in [-0.1, -0.05) is 12.1 Å². The molecule has 0 bridgehead atoms. The first-order chi connectivity index (χ1) is 16.0. The molecule has 0 saturated heterocycles. The molecule has 0 saturated carbocycles. The first-order valence-corrected chi connectivity index (χ1v) is 10.6. The lowest BCUT2D eigenvalue weighted by Crippen LogP contribution is -2.14. The van der Waals surface area contributed by atoms with Crippen molar-refractivity contribution < 1.29 is 4.79 Å². The third-order valence-corrected chi connectivity index (χ3v) is 5.81. The summed E-state index contributed by atoms with van der Waals surface area (Å²) in [6.07, 6.45) is 4.16. The van der Waals surface area contributed by atoms with Crippen molar-refractivity contribution in [2.24, 2.45) is 0 Å². The smallest absolute Gasteiger partial charge is 0.224 e. The summed E-state index contributed by atoms with van der Waals surface area (Å²) < 4.78 is 3.68. The Morgan fingerprint density at radius 2 is 1.91 bits per heavy atom. The number of carbonyl (C=O) groups excluding carboxylic acids is 1. The van der Waals surface area contributed by atoms with Gasteiger partial charge in [0, 0.05) is 29.2 Å². The van der Waals surface area contributed by atoms with E-state index in [-0.39, 0.29) is 5.91 Å². The second-order valence-corrected chi connectivity index (χ2v) is 7.86. The molecule has 3 heterocycles. The first kappa shape index (κ1) is 20.4. The van der Waals surface area contributed by atoms with Gasteiger partial charge in [-0.15, -0.1) is 0 Å². The number of fused-ring (bicyclic) bond motifs is 2. The summed E-state index contributed by atoms with van der Waals surface area (Å²) in [5.41, 5.74) is 7.34. The second-order valence-electron chi connectivity index (χ2n) is 7.86. The fourth-order valence-electron chi connectivity index (χ4n) is 4.08. The van der Waals surface area contributed by atoms with Crippen LogP contribution in [0.1, 0.15) is 28.9 Å². The molecule has 0 aliphatic rings. The number of aryl methyl sites for hydroxylation is 2. The molecule has 0 fully saturated rings. The molecule has 0 spiro atoms. The number of anilines is 1. The van der Waals surface area contributed by atoms with Gasteiger partial charge in [0.1, 0.15) is 18.0 Å². The second kappa shape index (κ2) is 8.20. The summed E-state index contributed by atoms with van der Waals surface area (Å²) in [6, 6.07) is 17.8. The number of nitrogens with zero attached hydrogens (tertiary/aromatic N) is 6. The zero-order valence-electron chi connectivity index (χ0n) is 18.3. The Balaban J connectivity index is 1.28. The average molecular weight is 435 g/mol. The maximum absolute atomic E-state index is 12.6. The van der Waals surface area contributed by atoms with E-state index in [1.807, 2.05) is 66.9 Å². The number of hydrogen-bond donors (Lipinski definition) is 1. The molecule has 5 rings (SSSR count). The zero-order valence-corrected chi connectivity index (χ0v) is 18.3. The van der Waals surface area contributed by atoms with Gasteiger partial charge in [0.25, 0.3) is 0 Å². The molecular formula is C25H21N7O. The van der Waals surface area contributed by atoms with Crippen LogP contribution in [-0.4, -0.2) is 30.1 Å². The Morgan fingerprint density at radius 1 is 1.12 bits per heavy atom. The number of nitriles is 1. The average Bonchev–Trinajstić information content (AvgIpc) is 3.43. The lowest BCUT2D eigenvalue weighted by atomic mass is 10.1. The van der Waals surface area contributed by atoms with Crippen molar-refractivity contribution in [3.63, 3.8) is 0 Å². The largest absolute Gasteiger partial charge is 0.326 e. The van der Waals surface area contributed by atoms with Crippen LogP contribution >= 0.6 is 0 Å². The molecule has 0 aliphatic heterocycles. The van der Waals surface area contributed by atoms with Gasteiger partial charge in [-0.05, 0) is 62.2 Å². The highest BCUT2D eigenvalue weighted by Gasteiger charge is 2.15. The minimum atomic E-state index is -0.0760. The summed E-state index contributed by atoms with van der Waals surface area (Å²) in [5, 5.41) is 16.4. The van der Waals surface area contributed by atoms with Gasteiger partial charge < -0.3 is 5.32 Å². The van der Waals surface area contributed by atoms with Crippen molar-refractivity contribution in [1.82, 2.24) is 24.1 Å². The van der Waals surface area contributed by atoms with Gasteiger partial charge in [0.15, 0.2) is 5.65 Å². The van der Waals surface area contributed by atoms with Crippen LogP contribution in [-0.2, 0) is 11.2 Å². The van der Waals surface area contributed by atoms with E-state index in [1.54, 1.807) is 10.8 Å². The van der Waals surface area contributed by atoms with Crippen molar-refractivity contribution in [1.29, 1.82) is 5.26 Å². The zero-order chi connectivity index (χ0) is 22.9. The van der Waals surface area contributed by atoms with E-state index in [9.17, 15) is 10.1 Å². The summed E-state index contributed by atoms with van der Waals surface area (Å²) in [4.78, 5) is 21.5. The number of benzene rings is 2. The normalized spacial score (nSPS) is 11.1. The lowest BCUT2D eigenvalue weighted by molar-refractivity contribution is -0.116. The van der Waals surface area contributed by atoms with Gasteiger partial charge in [-0.2, -0.15) is 10.4 Å². The fourth-order valence-corrected chi connectivity index (χ4v) is 4.08. The van der Waals surface area contributed by atoms with Crippen molar-refractivity contribution in [2.75, 3.05) is 5.32 Å². The number of hydrogen-bond acceptors (Lipinski definition) is 5. The predicted octanol–water partition coefficient (Wildman–Crippen LogP) is 4.13. The highest BCUT2D eigenvalue weighted by molar-refractivity contribution is 5.91. The molecule has 33 heavy (non-hydrogen) atoms. The molecule has 1 amide bonds. The van der Waals surface area contributed by atoms with E-state index in [0.29, 0.717) is 24.1 Å². The van der Waals surface area contributed by atoms with Crippen LogP contribution in [0, 0.1) is 25.2 Å². The number of imidazole rings is 1. The standard InChI is InChI=1S/C25H21N7O/c1-16-21(17(2)32-25(29-16)18(13-26)14-28-32)11-12-24(33)30-19-7-9-20(10-8-19)31-15-27-22-5-3-4-6-23(22)31/h3-10,14-15H,11-12H2,1-2H3,(H,30,33). The molecule has 162 valence electrons. The molecule has 8 heteroatoms. The number of para-hydroxylation sites is 2. The van der Waals surface area contributed by atoms with E-state index >= 15 is 0 Å². The Bertz CT molecular complexity index is 1540. The molecule has 5 aromatic rings. The van der Waals surface area contributed by atoms with Gasteiger partial charge in [0.05, 0.1) is 17.2 Å². The number of carbonyl (C=O) groups is 1. The van der Waals surface area contributed by atoms with Crippen LogP contribution in [0.3, 0.4) is 0 Å². The third kappa shape index (κ3) is 3.70. The SMILES string of the molecule is Cc1nc2c(C#N)cnn2c(C)c1CCC(=O)Nc1ccc(-n2cnc3ccccc32)cc1. The van der Waals surface area contributed by atoms with E-state index < -0.39 is 0 Å². The van der Waals surface area contributed by atoms with Crippen LogP contribution in [0.4, 0.5) is 5.69 Å². The quantitative estimate of drug-likeness (QED) is 0.447. The van der Waals surface area contributed by atoms with Crippen molar-refractivity contribution in [3.05, 3.63) is 83.6 Å². The molecule has 2 aromatic carbocycles. The molecule has 8 nitrogen and oxygen atoms in total. The Morgan fingerprint density at radius 3 is 2.70 bits per heavy atom. The van der Waals surface area contributed by atoms with Crippen molar-refractivity contribution >= 4 is 28.3 Å². The Hall–Kier alpha value is -4.51. The minimum Gasteiger partial charge on any atom is -0.326 e. The Kier molecular flexibility index (Phi) is 5.07. The van der Waals surface area contributed by atoms with E-state index in [1.165, 1.54) is 6.20 Å². The van der Waals surface area contributed by atoms with Crippen LogP contribution in [0.2, 0.25) is 0 Å². The van der Waals surface area contributed by atoms with E-state index in [4.69, 9.17) is 0 Å². The third-order valence-electron chi connectivity index (χ3n) is 5.81. The predicted molar refractivity (Wildman–Crippen MR) is 125 cm³/mol. The van der Waals surface area contributed by atoms with Crippen molar-refractivity contribution in [2.45, 2.75) is 26.7 Å². The molecule has 1 N–H and O–H groups in total. The molecule has 0 aliphatic carbocycles. The maximum Gasteiger partial charge on any atom is 0.224 e. The van der Waals surface area contributed by atoms with Crippen LogP contribution in [0.15, 0.2) is 61.1 Å². The molecule has 0 unspecified atom stereocenters. The Labute approximate surface area is 190 Å². The summed E-state index contributed by atoms with van der Waals surface area (Å²) in [7, 11) is 0. The monoisotopic (exact) mass is 435 g/mol. The number of nitrogens with one attached hydrogen (secondary N) is 1. The summed E-state index contributed by atoms with van der Waals surface area (Å²) in [6.45, 7) is 3.83. The van der Waals surface area contributed by atoms with Crippen molar-refractivity contribution in [3.8, 4) is 11.8 Å². The van der Waals surface area contributed by atoms with Crippen LogP contribution < -0.4 is 5.32 Å².